The zero-order valence-corrected chi connectivity index (χ0v) is 23.6. The van der Waals surface area contributed by atoms with Gasteiger partial charge in [0.2, 0.25) is 5.82 Å². The summed E-state index contributed by atoms with van der Waals surface area (Å²) in [6.07, 6.45) is 8.29. The van der Waals surface area contributed by atoms with E-state index in [4.69, 9.17) is 21.3 Å². The van der Waals surface area contributed by atoms with E-state index in [2.05, 4.69) is 54.3 Å². The van der Waals surface area contributed by atoms with Crippen molar-refractivity contribution in [1.82, 2.24) is 50.6 Å². The number of nitrogens with one attached hydrogen (secondary N) is 1. The second-order valence-electron chi connectivity index (χ2n) is 9.96. The number of ether oxygens (including phenoxy) is 1. The molecule has 0 saturated heterocycles. The molecule has 0 aliphatic carbocycles. The smallest absolute Gasteiger partial charge is 0.211 e. The summed E-state index contributed by atoms with van der Waals surface area (Å²) in [4.78, 5) is 6.43. The number of hydrogen-bond acceptors (Lipinski definition) is 8. The number of tetrazole rings is 2. The monoisotopic (exact) mass is 588 g/mol. The normalized spacial score (nSPS) is 11.7. The minimum absolute atomic E-state index is 0.179. The van der Waals surface area contributed by atoms with E-state index in [1.165, 1.54) is 0 Å². The van der Waals surface area contributed by atoms with E-state index < -0.39 is 0 Å². The molecule has 11 nitrogen and oxygen atoms in total. The zero-order valence-electron chi connectivity index (χ0n) is 22.9. The van der Waals surface area contributed by atoms with E-state index in [0.717, 1.165) is 57.3 Å². The van der Waals surface area contributed by atoms with Crippen LogP contribution in [0.4, 0.5) is 0 Å². The van der Waals surface area contributed by atoms with Gasteiger partial charge in [0.05, 0.1) is 11.2 Å². The summed E-state index contributed by atoms with van der Waals surface area (Å²) in [5.41, 5.74) is 4.87. The molecule has 0 saturated carbocycles. The van der Waals surface area contributed by atoms with Gasteiger partial charge in [-0.15, -0.1) is 20.1 Å². The van der Waals surface area contributed by atoms with Crippen molar-refractivity contribution in [3.8, 4) is 5.75 Å². The van der Waals surface area contributed by atoms with Crippen LogP contribution in [-0.2, 0) is 19.4 Å². The van der Waals surface area contributed by atoms with Crippen LogP contribution in [0.3, 0.4) is 0 Å². The Labute approximate surface area is 250 Å². The first-order valence-electron chi connectivity index (χ1n) is 13.8. The number of rotatable bonds is 10. The third-order valence-corrected chi connectivity index (χ3v) is 7.25. The number of aromatic nitrogens is 10. The predicted octanol–water partition coefficient (Wildman–Crippen LogP) is 5.58. The summed E-state index contributed by atoms with van der Waals surface area (Å²) in [5.74, 6) is 1.85. The van der Waals surface area contributed by atoms with E-state index in [1.807, 2.05) is 83.7 Å². The van der Waals surface area contributed by atoms with Crippen LogP contribution in [0, 0.1) is 0 Å². The molecular weight excluding hydrogens is 564 g/mol. The molecule has 3 aromatic carbocycles. The quantitative estimate of drug-likeness (QED) is 0.219. The van der Waals surface area contributed by atoms with Gasteiger partial charge >= 0.3 is 0 Å². The maximum absolute atomic E-state index is 6.50. The van der Waals surface area contributed by atoms with Crippen molar-refractivity contribution in [3.05, 3.63) is 119 Å². The van der Waals surface area contributed by atoms with Crippen molar-refractivity contribution in [3.63, 3.8) is 0 Å². The molecule has 0 unspecified atom stereocenters. The Morgan fingerprint density at radius 1 is 0.884 bits per heavy atom. The molecule has 0 atom stereocenters. The Hall–Kier alpha value is -5.42. The Morgan fingerprint density at radius 3 is 2.74 bits per heavy atom. The van der Waals surface area contributed by atoms with Crippen molar-refractivity contribution in [1.29, 1.82) is 0 Å². The summed E-state index contributed by atoms with van der Waals surface area (Å²) in [6.45, 7) is 0.179. The molecule has 0 aliphatic rings. The Kier molecular flexibility index (Phi) is 7.28. The fourth-order valence-electron chi connectivity index (χ4n) is 5.05. The zero-order chi connectivity index (χ0) is 29.0. The molecule has 7 aromatic rings. The number of H-pyrrole nitrogens is 1. The number of hydrogen-bond donors (Lipinski definition) is 1. The van der Waals surface area contributed by atoms with Gasteiger partial charge in [-0.3, -0.25) is 0 Å². The third kappa shape index (κ3) is 5.84. The molecule has 0 spiro atoms. The third-order valence-electron chi connectivity index (χ3n) is 7.03. The number of aromatic amines is 1. The fraction of sp³-hybridized carbons (Fsp3) is 0.129. The lowest BCUT2D eigenvalue weighted by atomic mass is 10.0. The number of halogens is 1. The number of para-hydroxylation sites is 2. The maximum atomic E-state index is 6.50. The molecule has 1 N–H and O–H groups in total. The first-order valence-corrected chi connectivity index (χ1v) is 14.1. The highest BCUT2D eigenvalue weighted by atomic mass is 35.5. The highest BCUT2D eigenvalue weighted by Gasteiger charge is 2.15. The topological polar surface area (TPSA) is 125 Å². The summed E-state index contributed by atoms with van der Waals surface area (Å²) >= 11 is 6.50. The van der Waals surface area contributed by atoms with Gasteiger partial charge < -0.3 is 4.74 Å². The number of aryl methyl sites for hydroxylation is 2. The van der Waals surface area contributed by atoms with Crippen LogP contribution in [0.2, 0.25) is 5.02 Å². The van der Waals surface area contributed by atoms with Crippen molar-refractivity contribution in [2.75, 3.05) is 0 Å². The van der Waals surface area contributed by atoms with Crippen LogP contribution in [-0.4, -0.2) is 50.6 Å². The second kappa shape index (κ2) is 11.8. The Morgan fingerprint density at radius 2 is 1.81 bits per heavy atom. The molecule has 7 rings (SSSR count). The molecule has 4 aromatic heterocycles. The van der Waals surface area contributed by atoms with E-state index >= 15 is 0 Å². The summed E-state index contributed by atoms with van der Waals surface area (Å²) in [5, 5.41) is 29.3. The molecule has 43 heavy (non-hydrogen) atoms. The van der Waals surface area contributed by atoms with Crippen molar-refractivity contribution in [2.45, 2.75) is 25.9 Å². The molecule has 0 fully saturated rings. The molecule has 0 amide bonds. The number of benzene rings is 3. The molecule has 0 radical (unpaired) electrons. The molecule has 12 heteroatoms. The SMILES string of the molecule is Clc1cc(/C=C/c2ccc3ccccc3n2)cc(CCCc2nnnn2-n2ccc3cccc(OCc4nn[nH]n4)c32)c1. The lowest BCUT2D eigenvalue weighted by Gasteiger charge is -2.11. The average molecular weight is 589 g/mol. The average Bonchev–Trinajstić information content (AvgIpc) is 3.80. The highest BCUT2D eigenvalue weighted by Crippen LogP contribution is 2.28. The van der Waals surface area contributed by atoms with Crippen LogP contribution < -0.4 is 4.74 Å². The van der Waals surface area contributed by atoms with Gasteiger partial charge in [0.15, 0.2) is 12.4 Å². The van der Waals surface area contributed by atoms with Crippen LogP contribution in [0.5, 0.6) is 5.75 Å². The second-order valence-corrected chi connectivity index (χ2v) is 10.4. The van der Waals surface area contributed by atoms with Gasteiger partial charge in [0.1, 0.15) is 11.3 Å². The van der Waals surface area contributed by atoms with Gasteiger partial charge in [0.25, 0.3) is 0 Å². The lowest BCUT2D eigenvalue weighted by Crippen LogP contribution is -2.14. The van der Waals surface area contributed by atoms with Gasteiger partial charge in [-0.1, -0.05) is 65.4 Å². The minimum atomic E-state index is 0.179. The minimum Gasteiger partial charge on any atom is -0.483 e. The first kappa shape index (κ1) is 26.5. The molecule has 0 bridgehead atoms. The van der Waals surface area contributed by atoms with Gasteiger partial charge in [-0.2, -0.15) is 5.21 Å². The number of nitrogens with zero attached hydrogens (tertiary/aromatic N) is 9. The van der Waals surface area contributed by atoms with Gasteiger partial charge in [0, 0.05) is 28.4 Å². The first-order chi connectivity index (χ1) is 21.2. The maximum Gasteiger partial charge on any atom is 0.211 e. The standard InChI is InChI=1S/C31H25ClN10O/c32-25-18-21(17-22(19-25)11-13-26-14-12-23-6-1-2-8-27(23)33-26)5-3-10-30-36-39-40-42(30)41-16-15-24-7-4-9-28(31(24)41)43-20-29-34-37-38-35-29/h1-2,4,6-9,11-19H,3,5,10,20H2,(H,34,35,37,38)/b13-11+. The highest BCUT2D eigenvalue weighted by molar-refractivity contribution is 6.30. The number of fused-ring (bicyclic) bond motifs is 2. The van der Waals surface area contributed by atoms with Crippen molar-refractivity contribution in [2.24, 2.45) is 0 Å². The summed E-state index contributed by atoms with van der Waals surface area (Å²) < 4.78 is 7.91. The molecule has 212 valence electrons. The van der Waals surface area contributed by atoms with E-state index in [1.54, 1.807) is 4.79 Å². The van der Waals surface area contributed by atoms with Crippen LogP contribution in [0.1, 0.15) is 34.9 Å². The van der Waals surface area contributed by atoms with Crippen molar-refractivity contribution < 1.29 is 4.74 Å². The summed E-state index contributed by atoms with van der Waals surface area (Å²) in [7, 11) is 0. The van der Waals surface area contributed by atoms with Gasteiger partial charge in [-0.25, -0.2) is 9.66 Å². The largest absolute Gasteiger partial charge is 0.483 e. The fourth-order valence-corrected chi connectivity index (χ4v) is 5.31. The van der Waals surface area contributed by atoms with E-state index in [-0.39, 0.29) is 6.61 Å². The number of pyridine rings is 1. The predicted molar refractivity (Wildman–Crippen MR) is 163 cm³/mol. The lowest BCUT2D eigenvalue weighted by molar-refractivity contribution is 0.297. The molecule has 0 aliphatic heterocycles. The van der Waals surface area contributed by atoms with E-state index in [9.17, 15) is 0 Å². The Balaban J connectivity index is 1.05. The van der Waals surface area contributed by atoms with E-state index in [0.29, 0.717) is 23.0 Å². The van der Waals surface area contributed by atoms with Crippen LogP contribution in [0.25, 0.3) is 34.0 Å². The van der Waals surface area contributed by atoms with Crippen molar-refractivity contribution >= 4 is 45.6 Å². The van der Waals surface area contributed by atoms with Crippen LogP contribution >= 0.6 is 11.6 Å². The molecular formula is C31H25ClN10O. The Bertz CT molecular complexity index is 2050. The van der Waals surface area contributed by atoms with Gasteiger partial charge in [-0.05, 0) is 76.9 Å². The van der Waals surface area contributed by atoms with Crippen LogP contribution in [0.15, 0.2) is 85.1 Å². The molecule has 4 heterocycles. The summed E-state index contributed by atoms with van der Waals surface area (Å²) in [6, 6.07) is 26.1.